The van der Waals surface area contributed by atoms with E-state index in [1.54, 1.807) is 0 Å². The molecule has 0 saturated carbocycles. The molecule has 0 atom stereocenters. The van der Waals surface area contributed by atoms with E-state index < -0.39 is 4.92 Å². The van der Waals surface area contributed by atoms with Gasteiger partial charge in [0, 0.05) is 17.7 Å². The Labute approximate surface area is 124 Å². The van der Waals surface area contributed by atoms with Gasteiger partial charge in [-0.1, -0.05) is 0 Å². The molecular formula is C15H20N2O4. The number of aliphatic hydroxyl groups is 1. The van der Waals surface area contributed by atoms with Gasteiger partial charge in [-0.05, 0) is 39.2 Å². The van der Waals surface area contributed by atoms with Crippen molar-refractivity contribution < 1.29 is 14.8 Å². The molecule has 0 aliphatic carbocycles. The Balaban J connectivity index is 2.49. The maximum absolute atomic E-state index is 10.7. The van der Waals surface area contributed by atoms with Gasteiger partial charge in [-0.15, -0.1) is 0 Å². The molecule has 6 nitrogen and oxygen atoms in total. The van der Waals surface area contributed by atoms with Crippen LogP contribution in [-0.4, -0.2) is 16.6 Å². The van der Waals surface area contributed by atoms with Gasteiger partial charge in [0.05, 0.1) is 29.6 Å². The van der Waals surface area contributed by atoms with Crippen LogP contribution in [0.3, 0.4) is 0 Å². The van der Waals surface area contributed by atoms with Crippen LogP contribution in [0.5, 0.6) is 5.75 Å². The molecule has 6 heteroatoms. The number of nitro benzene ring substituents is 1. The fourth-order valence-corrected chi connectivity index (χ4v) is 1.85. The van der Waals surface area contributed by atoms with E-state index in [-0.39, 0.29) is 17.7 Å². The lowest BCUT2D eigenvalue weighted by molar-refractivity contribution is -0.385. The summed E-state index contributed by atoms with van der Waals surface area (Å²) in [6.45, 7) is 3.94. The van der Waals surface area contributed by atoms with Crippen molar-refractivity contribution in [3.05, 3.63) is 33.9 Å². The van der Waals surface area contributed by atoms with E-state index in [1.165, 1.54) is 18.2 Å². The number of nitriles is 1. The molecule has 0 unspecified atom stereocenters. The largest absolute Gasteiger partial charge is 0.493 e. The zero-order chi connectivity index (χ0) is 15.9. The first-order chi connectivity index (χ1) is 9.89. The lowest BCUT2D eigenvalue weighted by Crippen LogP contribution is -2.08. The number of rotatable bonds is 8. The van der Waals surface area contributed by atoms with Gasteiger partial charge in [0.15, 0.2) is 0 Å². The normalized spacial score (nSPS) is 11.0. The molecule has 1 aromatic rings. The standard InChI is InChI=1S/C15H20N2O4/c1-15(2,11-16)7-3-4-8-21-14-6-5-13(17(19)20)9-12(14)10-18/h5-6,9,18H,3-4,7-8,10H2,1-2H3. The maximum atomic E-state index is 10.7. The molecule has 114 valence electrons. The van der Waals surface area contributed by atoms with Gasteiger partial charge in [-0.25, -0.2) is 0 Å². The third kappa shape index (κ3) is 5.40. The molecule has 0 bridgehead atoms. The molecule has 1 rings (SSSR count). The quantitative estimate of drug-likeness (QED) is 0.451. The van der Waals surface area contributed by atoms with E-state index in [4.69, 9.17) is 10.00 Å². The van der Waals surface area contributed by atoms with Crippen LogP contribution in [0.2, 0.25) is 0 Å². The van der Waals surface area contributed by atoms with E-state index in [0.29, 0.717) is 17.9 Å². The predicted molar refractivity (Wildman–Crippen MR) is 77.8 cm³/mol. The first-order valence-corrected chi connectivity index (χ1v) is 6.82. The van der Waals surface area contributed by atoms with Crippen molar-refractivity contribution in [1.29, 1.82) is 5.26 Å². The summed E-state index contributed by atoms with van der Waals surface area (Å²) in [6, 6.07) is 6.42. The lowest BCUT2D eigenvalue weighted by atomic mass is 9.89. The number of hydrogen-bond acceptors (Lipinski definition) is 5. The molecule has 21 heavy (non-hydrogen) atoms. The maximum Gasteiger partial charge on any atom is 0.270 e. The second-order valence-corrected chi connectivity index (χ2v) is 5.51. The highest BCUT2D eigenvalue weighted by atomic mass is 16.6. The molecule has 1 N–H and O–H groups in total. The van der Waals surface area contributed by atoms with Crippen LogP contribution < -0.4 is 4.74 Å². The van der Waals surface area contributed by atoms with Crippen molar-refractivity contribution >= 4 is 5.69 Å². The summed E-state index contributed by atoms with van der Waals surface area (Å²) < 4.78 is 5.55. The van der Waals surface area contributed by atoms with Crippen LogP contribution in [0, 0.1) is 26.9 Å². The van der Waals surface area contributed by atoms with Gasteiger partial charge in [0.1, 0.15) is 5.75 Å². The van der Waals surface area contributed by atoms with Crippen molar-refractivity contribution in [2.45, 2.75) is 39.7 Å². The van der Waals surface area contributed by atoms with E-state index in [2.05, 4.69) is 6.07 Å². The third-order valence-corrected chi connectivity index (χ3v) is 3.18. The third-order valence-electron chi connectivity index (χ3n) is 3.18. The van der Waals surface area contributed by atoms with Gasteiger partial charge in [0.2, 0.25) is 0 Å². The molecule has 0 aliphatic heterocycles. The highest BCUT2D eigenvalue weighted by molar-refractivity contribution is 5.43. The van der Waals surface area contributed by atoms with E-state index >= 15 is 0 Å². The Morgan fingerprint density at radius 1 is 1.43 bits per heavy atom. The molecular weight excluding hydrogens is 272 g/mol. The van der Waals surface area contributed by atoms with Gasteiger partial charge in [0.25, 0.3) is 5.69 Å². The number of nitrogens with zero attached hydrogens (tertiary/aromatic N) is 2. The minimum Gasteiger partial charge on any atom is -0.493 e. The SMILES string of the molecule is CC(C)(C#N)CCCCOc1ccc([N+](=O)[O-])cc1CO. The Kier molecular flexibility index (Phi) is 6.12. The molecule has 0 spiro atoms. The Morgan fingerprint density at radius 3 is 2.71 bits per heavy atom. The average Bonchev–Trinajstić information content (AvgIpc) is 2.46. The Morgan fingerprint density at radius 2 is 2.14 bits per heavy atom. The van der Waals surface area contributed by atoms with Crippen LogP contribution in [0.25, 0.3) is 0 Å². The van der Waals surface area contributed by atoms with E-state index in [9.17, 15) is 15.2 Å². The highest BCUT2D eigenvalue weighted by Crippen LogP contribution is 2.25. The van der Waals surface area contributed by atoms with Crippen LogP contribution >= 0.6 is 0 Å². The van der Waals surface area contributed by atoms with Crippen LogP contribution in [0.4, 0.5) is 5.69 Å². The molecule has 0 radical (unpaired) electrons. The molecule has 1 aromatic carbocycles. The lowest BCUT2D eigenvalue weighted by Gasteiger charge is -2.15. The number of unbranched alkanes of at least 4 members (excludes halogenated alkanes) is 1. The smallest absolute Gasteiger partial charge is 0.270 e. The summed E-state index contributed by atoms with van der Waals surface area (Å²) in [5, 5.41) is 28.8. The number of hydrogen-bond donors (Lipinski definition) is 1. The predicted octanol–water partition coefficient (Wildman–Crippen LogP) is 3.19. The van der Waals surface area contributed by atoms with Gasteiger partial charge < -0.3 is 9.84 Å². The first-order valence-electron chi connectivity index (χ1n) is 6.82. The van der Waals surface area contributed by atoms with Crippen molar-refractivity contribution in [3.8, 4) is 11.8 Å². The van der Waals surface area contributed by atoms with Crippen molar-refractivity contribution in [1.82, 2.24) is 0 Å². The molecule has 0 heterocycles. The number of non-ortho nitro benzene ring substituents is 1. The highest BCUT2D eigenvalue weighted by Gasteiger charge is 2.15. The Hall–Kier alpha value is -2.13. The summed E-state index contributed by atoms with van der Waals surface area (Å²) in [7, 11) is 0. The summed E-state index contributed by atoms with van der Waals surface area (Å²) in [4.78, 5) is 10.2. The summed E-state index contributed by atoms with van der Waals surface area (Å²) in [5.41, 5.74) is 0.00704. The van der Waals surface area contributed by atoms with Gasteiger partial charge in [-0.2, -0.15) is 5.26 Å². The van der Waals surface area contributed by atoms with Crippen LogP contribution in [0.15, 0.2) is 18.2 Å². The van der Waals surface area contributed by atoms with Crippen LogP contribution in [0.1, 0.15) is 38.7 Å². The second-order valence-electron chi connectivity index (χ2n) is 5.51. The summed E-state index contributed by atoms with van der Waals surface area (Å²) in [5.74, 6) is 0.461. The minimum absolute atomic E-state index is 0.0674. The first kappa shape index (κ1) is 16.9. The average molecular weight is 292 g/mol. The second kappa shape index (κ2) is 7.60. The van der Waals surface area contributed by atoms with Crippen molar-refractivity contribution in [2.75, 3.05) is 6.61 Å². The van der Waals surface area contributed by atoms with Crippen LogP contribution in [-0.2, 0) is 6.61 Å². The molecule has 0 aliphatic rings. The monoisotopic (exact) mass is 292 g/mol. The topological polar surface area (TPSA) is 96.4 Å². The van der Waals surface area contributed by atoms with E-state index in [1.807, 2.05) is 13.8 Å². The number of aliphatic hydroxyl groups excluding tert-OH is 1. The fraction of sp³-hybridized carbons (Fsp3) is 0.533. The van der Waals surface area contributed by atoms with Gasteiger partial charge >= 0.3 is 0 Å². The molecule has 0 saturated heterocycles. The van der Waals surface area contributed by atoms with Crippen molar-refractivity contribution in [3.63, 3.8) is 0 Å². The Bertz CT molecular complexity index is 535. The molecule has 0 aromatic heterocycles. The summed E-state index contributed by atoms with van der Waals surface area (Å²) >= 11 is 0. The zero-order valence-electron chi connectivity index (χ0n) is 12.3. The summed E-state index contributed by atoms with van der Waals surface area (Å²) in [6.07, 6.45) is 2.44. The van der Waals surface area contributed by atoms with Crippen molar-refractivity contribution in [2.24, 2.45) is 5.41 Å². The molecule has 0 fully saturated rings. The number of ether oxygens (including phenoxy) is 1. The zero-order valence-corrected chi connectivity index (χ0v) is 12.3. The van der Waals surface area contributed by atoms with Gasteiger partial charge in [-0.3, -0.25) is 10.1 Å². The fourth-order valence-electron chi connectivity index (χ4n) is 1.85. The number of nitro groups is 1. The number of benzene rings is 1. The molecule has 0 amide bonds. The minimum atomic E-state index is -0.507. The van der Waals surface area contributed by atoms with E-state index in [0.717, 1.165) is 19.3 Å².